The van der Waals surface area contributed by atoms with Crippen LogP contribution in [0.1, 0.15) is 39.5 Å². The van der Waals surface area contributed by atoms with Crippen LogP contribution in [0.3, 0.4) is 0 Å². The van der Waals surface area contributed by atoms with Crippen LogP contribution in [0.25, 0.3) is 0 Å². The maximum atomic E-state index is 3.80. The van der Waals surface area contributed by atoms with Gasteiger partial charge in [-0.15, -0.1) is 0 Å². The fourth-order valence-corrected chi connectivity index (χ4v) is 0.877. The Kier molecular flexibility index (Phi) is 5.70. The molecule has 0 fully saturated rings. The Morgan fingerprint density at radius 2 is 2.22 bits per heavy atom. The maximum Gasteiger partial charge on any atom is -0.0321 e. The molecular weight excluding hydrogens is 108 g/mol. The molecule has 0 aromatic carbocycles. The molecule has 0 unspecified atom stereocenters. The summed E-state index contributed by atoms with van der Waals surface area (Å²) in [6, 6.07) is 0. The molecule has 0 rings (SSSR count). The molecule has 0 aromatic heterocycles. The summed E-state index contributed by atoms with van der Waals surface area (Å²) in [5.74, 6) is 0. The van der Waals surface area contributed by atoms with Gasteiger partial charge in [-0.2, -0.15) is 0 Å². The fraction of sp³-hybridized carbons (Fsp3) is 0.667. The molecule has 53 valence electrons. The molecule has 0 saturated carbocycles. The van der Waals surface area contributed by atoms with Crippen molar-refractivity contribution in [3.63, 3.8) is 0 Å². The van der Waals surface area contributed by atoms with Crippen LogP contribution >= 0.6 is 0 Å². The van der Waals surface area contributed by atoms with Crippen LogP contribution in [-0.4, -0.2) is 0 Å². The summed E-state index contributed by atoms with van der Waals surface area (Å²) >= 11 is 0. The van der Waals surface area contributed by atoms with Crippen LogP contribution in [0.15, 0.2) is 11.6 Å². The minimum atomic E-state index is 1.07. The lowest BCUT2D eigenvalue weighted by Crippen LogP contribution is -1.79. The van der Waals surface area contributed by atoms with E-state index in [9.17, 15) is 0 Å². The lowest BCUT2D eigenvalue weighted by molar-refractivity contribution is 0.800. The third-order valence-electron chi connectivity index (χ3n) is 1.61. The molecule has 0 heterocycles. The molecule has 0 atom stereocenters. The molecule has 0 nitrogen and oxygen atoms in total. The monoisotopic (exact) mass is 125 g/mol. The summed E-state index contributed by atoms with van der Waals surface area (Å²) < 4.78 is 0. The summed E-state index contributed by atoms with van der Waals surface area (Å²) in [5, 5.41) is 0. The zero-order valence-electron chi connectivity index (χ0n) is 6.61. The van der Waals surface area contributed by atoms with Crippen molar-refractivity contribution in [1.82, 2.24) is 0 Å². The van der Waals surface area contributed by atoms with Gasteiger partial charge in [0.15, 0.2) is 0 Å². The molecule has 0 aliphatic heterocycles. The normalized spacial score (nSPS) is 12.1. The SMILES string of the molecule is [CH2]CCC/C(=C/C)CC. The van der Waals surface area contributed by atoms with E-state index in [2.05, 4.69) is 26.8 Å². The molecule has 0 spiro atoms. The average molecular weight is 125 g/mol. The Labute approximate surface area is 59.0 Å². The maximum absolute atomic E-state index is 3.80. The minimum absolute atomic E-state index is 1.07. The van der Waals surface area contributed by atoms with E-state index in [1.807, 2.05) is 0 Å². The highest BCUT2D eigenvalue weighted by Gasteiger charge is 1.89. The van der Waals surface area contributed by atoms with Crippen molar-refractivity contribution in [1.29, 1.82) is 0 Å². The molecule has 0 N–H and O–H groups in total. The first kappa shape index (κ1) is 8.74. The lowest BCUT2D eigenvalue weighted by atomic mass is 10.1. The molecule has 9 heavy (non-hydrogen) atoms. The average Bonchev–Trinajstić information content (AvgIpc) is 1.91. The number of hydrogen-bond acceptors (Lipinski definition) is 0. The molecule has 0 aromatic rings. The van der Waals surface area contributed by atoms with Gasteiger partial charge in [0.25, 0.3) is 0 Å². The van der Waals surface area contributed by atoms with E-state index in [1.54, 1.807) is 5.57 Å². The molecular formula is C9H17. The van der Waals surface area contributed by atoms with Crippen molar-refractivity contribution < 1.29 is 0 Å². The van der Waals surface area contributed by atoms with Gasteiger partial charge in [-0.3, -0.25) is 0 Å². The first-order valence-corrected chi connectivity index (χ1v) is 3.78. The van der Waals surface area contributed by atoms with Crippen LogP contribution in [0.5, 0.6) is 0 Å². The van der Waals surface area contributed by atoms with E-state index in [-0.39, 0.29) is 0 Å². The Bertz CT molecular complexity index is 80.0. The van der Waals surface area contributed by atoms with Crippen molar-refractivity contribution in [2.75, 3.05) is 0 Å². The molecule has 0 bridgehead atoms. The van der Waals surface area contributed by atoms with E-state index in [0.29, 0.717) is 0 Å². The number of allylic oxidation sites excluding steroid dienone is 2. The van der Waals surface area contributed by atoms with Crippen LogP contribution in [0.2, 0.25) is 0 Å². The van der Waals surface area contributed by atoms with Crippen LogP contribution < -0.4 is 0 Å². The van der Waals surface area contributed by atoms with Gasteiger partial charge in [-0.25, -0.2) is 0 Å². The second-order valence-electron chi connectivity index (χ2n) is 2.26. The minimum Gasteiger partial charge on any atom is -0.0885 e. The molecule has 0 saturated heterocycles. The van der Waals surface area contributed by atoms with Crippen molar-refractivity contribution in [3.05, 3.63) is 18.6 Å². The largest absolute Gasteiger partial charge is 0.0885 e. The second-order valence-corrected chi connectivity index (χ2v) is 2.26. The van der Waals surface area contributed by atoms with Gasteiger partial charge in [-0.1, -0.05) is 31.9 Å². The highest BCUT2D eigenvalue weighted by molar-refractivity contribution is 4.98. The predicted molar refractivity (Wildman–Crippen MR) is 43.3 cm³/mol. The quantitative estimate of drug-likeness (QED) is 0.505. The molecule has 0 amide bonds. The van der Waals surface area contributed by atoms with Gasteiger partial charge in [0.2, 0.25) is 0 Å². The summed E-state index contributed by atoms with van der Waals surface area (Å²) in [5.41, 5.74) is 1.57. The van der Waals surface area contributed by atoms with Crippen LogP contribution in [0.4, 0.5) is 0 Å². The van der Waals surface area contributed by atoms with Crippen LogP contribution in [-0.2, 0) is 0 Å². The standard InChI is InChI=1S/C9H17/c1-4-7-8-9(5-2)6-3/h5H,1,4,6-8H2,2-3H3/b9-5+. The summed E-state index contributed by atoms with van der Waals surface area (Å²) in [7, 11) is 0. The van der Waals surface area contributed by atoms with Gasteiger partial charge in [0, 0.05) is 0 Å². The number of unbranched alkanes of at least 4 members (excludes halogenated alkanes) is 1. The first-order valence-electron chi connectivity index (χ1n) is 3.78. The third kappa shape index (κ3) is 4.26. The molecule has 1 radical (unpaired) electrons. The summed E-state index contributed by atoms with van der Waals surface area (Å²) in [6.07, 6.45) is 6.98. The van der Waals surface area contributed by atoms with Crippen molar-refractivity contribution in [3.8, 4) is 0 Å². The van der Waals surface area contributed by atoms with Gasteiger partial charge < -0.3 is 0 Å². The topological polar surface area (TPSA) is 0 Å². The van der Waals surface area contributed by atoms with Gasteiger partial charge in [0.05, 0.1) is 0 Å². The van der Waals surface area contributed by atoms with Gasteiger partial charge >= 0.3 is 0 Å². The molecule has 0 aliphatic rings. The van der Waals surface area contributed by atoms with E-state index < -0.39 is 0 Å². The van der Waals surface area contributed by atoms with Gasteiger partial charge in [0.1, 0.15) is 0 Å². The first-order chi connectivity index (χ1) is 4.35. The molecule has 0 heteroatoms. The highest BCUT2D eigenvalue weighted by atomic mass is 14.0. The molecule has 0 aliphatic carbocycles. The second kappa shape index (κ2) is 5.87. The Morgan fingerprint density at radius 1 is 1.56 bits per heavy atom. The summed E-state index contributed by atoms with van der Waals surface area (Å²) in [4.78, 5) is 0. The van der Waals surface area contributed by atoms with Crippen molar-refractivity contribution in [2.45, 2.75) is 39.5 Å². The van der Waals surface area contributed by atoms with Gasteiger partial charge in [-0.05, 0) is 26.2 Å². The number of rotatable bonds is 4. The van der Waals surface area contributed by atoms with Crippen molar-refractivity contribution >= 4 is 0 Å². The van der Waals surface area contributed by atoms with E-state index in [4.69, 9.17) is 0 Å². The highest BCUT2D eigenvalue weighted by Crippen LogP contribution is 2.09. The Hall–Kier alpha value is -0.260. The number of hydrogen-bond donors (Lipinski definition) is 0. The Morgan fingerprint density at radius 3 is 2.56 bits per heavy atom. The summed E-state index contributed by atoms with van der Waals surface area (Å²) in [6.45, 7) is 8.12. The van der Waals surface area contributed by atoms with Crippen LogP contribution in [0, 0.1) is 6.92 Å². The smallest absolute Gasteiger partial charge is 0.0321 e. The predicted octanol–water partition coefficient (Wildman–Crippen LogP) is 3.35. The fourth-order valence-electron chi connectivity index (χ4n) is 0.877. The van der Waals surface area contributed by atoms with E-state index in [0.717, 1.165) is 6.42 Å². The van der Waals surface area contributed by atoms with E-state index in [1.165, 1.54) is 19.3 Å². The Balaban J connectivity index is 3.33. The zero-order chi connectivity index (χ0) is 7.11. The zero-order valence-corrected chi connectivity index (χ0v) is 6.61. The van der Waals surface area contributed by atoms with E-state index >= 15 is 0 Å². The van der Waals surface area contributed by atoms with Crippen molar-refractivity contribution in [2.24, 2.45) is 0 Å². The third-order valence-corrected chi connectivity index (χ3v) is 1.61. The lowest BCUT2D eigenvalue weighted by Gasteiger charge is -1.99.